The van der Waals surface area contributed by atoms with E-state index in [1.54, 1.807) is 0 Å². The van der Waals surface area contributed by atoms with Crippen molar-refractivity contribution < 1.29 is 28.7 Å². The smallest absolute Gasteiger partial charge is 0.330 e. The summed E-state index contributed by atoms with van der Waals surface area (Å²) < 4.78 is 9.58. The molecule has 210 valence electrons. The molecular weight excluding hydrogens is 458 g/mol. The van der Waals surface area contributed by atoms with Gasteiger partial charge in [0.05, 0.1) is 0 Å². The fourth-order valence-corrected chi connectivity index (χ4v) is 4.02. The van der Waals surface area contributed by atoms with Gasteiger partial charge in [0.2, 0.25) is 0 Å². The molecule has 0 rings (SSSR count). The molecule has 2 N–H and O–H groups in total. The van der Waals surface area contributed by atoms with Crippen LogP contribution in [0.5, 0.6) is 0 Å². The summed E-state index contributed by atoms with van der Waals surface area (Å²) >= 11 is 0. The van der Waals surface area contributed by atoms with E-state index in [1.165, 1.54) is 77.0 Å². The molecule has 36 heavy (non-hydrogen) atoms. The van der Waals surface area contributed by atoms with Crippen LogP contribution in [0.1, 0.15) is 155 Å². The highest BCUT2D eigenvalue weighted by Gasteiger charge is 2.21. The van der Waals surface area contributed by atoms with E-state index in [4.69, 9.17) is 15.2 Å². The monoisotopic (exact) mass is 511 g/mol. The van der Waals surface area contributed by atoms with Gasteiger partial charge in [-0.15, -0.1) is 0 Å². The van der Waals surface area contributed by atoms with E-state index in [0.29, 0.717) is 12.8 Å². The number of carbonyl (C=O) groups is 4. The Balaban J connectivity index is 3.74. The summed E-state index contributed by atoms with van der Waals surface area (Å²) in [5, 5.41) is 0. The zero-order valence-electron chi connectivity index (χ0n) is 23.2. The number of hydrogen-bond donors (Lipinski definition) is 1. The van der Waals surface area contributed by atoms with Gasteiger partial charge in [0.15, 0.2) is 0 Å². The largest absolute Gasteiger partial charge is 0.393 e. The van der Waals surface area contributed by atoms with Crippen molar-refractivity contribution in [1.29, 1.82) is 0 Å². The third-order valence-corrected chi connectivity index (χ3v) is 6.37. The Morgan fingerprint density at radius 2 is 0.833 bits per heavy atom. The lowest BCUT2D eigenvalue weighted by molar-refractivity contribution is -0.160. The molecule has 0 unspecified atom stereocenters. The third-order valence-electron chi connectivity index (χ3n) is 6.37. The second-order valence-corrected chi connectivity index (χ2v) is 9.94. The number of hydrogen-bond acceptors (Lipinski definition) is 7. The van der Waals surface area contributed by atoms with Gasteiger partial charge >= 0.3 is 23.9 Å². The molecule has 1 atom stereocenters. The first-order valence-corrected chi connectivity index (χ1v) is 14.6. The Labute approximate surface area is 219 Å². The Kier molecular flexibility index (Phi) is 23.7. The summed E-state index contributed by atoms with van der Waals surface area (Å²) in [5.74, 6) is -2.68. The van der Waals surface area contributed by atoms with Crippen molar-refractivity contribution in [2.45, 2.75) is 161 Å². The molecule has 0 aromatic carbocycles. The molecule has 0 saturated heterocycles. The van der Waals surface area contributed by atoms with Crippen LogP contribution in [0.4, 0.5) is 0 Å². The van der Waals surface area contributed by atoms with Gasteiger partial charge in [-0.3, -0.25) is 14.4 Å². The van der Waals surface area contributed by atoms with Crippen LogP contribution in [-0.2, 0) is 28.7 Å². The highest BCUT2D eigenvalue weighted by atomic mass is 16.6. The van der Waals surface area contributed by atoms with Gasteiger partial charge in [-0.25, -0.2) is 4.79 Å². The Morgan fingerprint density at radius 1 is 0.500 bits per heavy atom. The molecule has 0 bridgehead atoms. The average Bonchev–Trinajstić information content (AvgIpc) is 2.85. The molecular formula is C29H53NO6. The van der Waals surface area contributed by atoms with Crippen LogP contribution in [0, 0.1) is 0 Å². The van der Waals surface area contributed by atoms with Crippen LogP contribution < -0.4 is 5.73 Å². The van der Waals surface area contributed by atoms with Crippen LogP contribution in [0.15, 0.2) is 0 Å². The lowest BCUT2D eigenvalue weighted by Crippen LogP contribution is -2.34. The number of nitrogens with two attached hydrogens (primary N) is 1. The second kappa shape index (κ2) is 24.9. The first-order chi connectivity index (χ1) is 17.4. The Morgan fingerprint density at radius 3 is 1.25 bits per heavy atom. The Bertz CT molecular complexity index is 592. The van der Waals surface area contributed by atoms with E-state index in [0.717, 1.165) is 25.7 Å². The summed E-state index contributed by atoms with van der Waals surface area (Å²) in [5.41, 5.74) is 5.73. The molecule has 0 heterocycles. The van der Waals surface area contributed by atoms with E-state index >= 15 is 0 Å². The van der Waals surface area contributed by atoms with Crippen LogP contribution in [0.2, 0.25) is 0 Å². The quantitative estimate of drug-likeness (QED) is 0.0837. The Hall–Kier alpha value is -1.76. The summed E-state index contributed by atoms with van der Waals surface area (Å²) in [6.45, 7) is 4.40. The average molecular weight is 512 g/mol. The lowest BCUT2D eigenvalue weighted by atomic mass is 10.1. The third kappa shape index (κ3) is 22.7. The van der Waals surface area contributed by atoms with E-state index in [2.05, 4.69) is 13.8 Å². The van der Waals surface area contributed by atoms with Crippen LogP contribution in [-0.4, -0.2) is 29.9 Å². The lowest BCUT2D eigenvalue weighted by Gasteiger charge is -2.10. The van der Waals surface area contributed by atoms with Gasteiger partial charge in [0, 0.05) is 19.3 Å². The molecule has 0 saturated carbocycles. The van der Waals surface area contributed by atoms with Gasteiger partial charge in [-0.05, 0) is 19.3 Å². The van der Waals surface area contributed by atoms with Gasteiger partial charge in [0.25, 0.3) is 0 Å². The van der Waals surface area contributed by atoms with Crippen molar-refractivity contribution in [3.8, 4) is 0 Å². The fourth-order valence-electron chi connectivity index (χ4n) is 4.02. The highest BCUT2D eigenvalue weighted by molar-refractivity contribution is 5.89. The fraction of sp³-hybridized carbons (Fsp3) is 0.862. The maximum atomic E-state index is 12.0. The molecule has 0 radical (unpaired) electrons. The maximum Gasteiger partial charge on any atom is 0.330 e. The summed E-state index contributed by atoms with van der Waals surface area (Å²) in [7, 11) is 0. The zero-order chi connectivity index (χ0) is 26.9. The van der Waals surface area contributed by atoms with Crippen molar-refractivity contribution in [3.05, 3.63) is 0 Å². The molecule has 0 aromatic heterocycles. The minimum Gasteiger partial charge on any atom is -0.393 e. The van der Waals surface area contributed by atoms with Crippen LogP contribution in [0.3, 0.4) is 0 Å². The normalized spacial score (nSPS) is 11.8. The predicted molar refractivity (Wildman–Crippen MR) is 143 cm³/mol. The molecule has 0 aliphatic heterocycles. The van der Waals surface area contributed by atoms with Gasteiger partial charge < -0.3 is 15.2 Å². The molecule has 0 aliphatic carbocycles. The molecule has 7 nitrogen and oxygen atoms in total. The van der Waals surface area contributed by atoms with Crippen molar-refractivity contribution in [2.75, 3.05) is 0 Å². The molecule has 7 heteroatoms. The number of rotatable bonds is 24. The van der Waals surface area contributed by atoms with Crippen LogP contribution in [0.25, 0.3) is 0 Å². The summed E-state index contributed by atoms with van der Waals surface area (Å²) in [6.07, 6.45) is 20.6. The van der Waals surface area contributed by atoms with Crippen molar-refractivity contribution in [1.82, 2.24) is 0 Å². The minimum absolute atomic E-state index is 0.0334. The highest BCUT2D eigenvalue weighted by Crippen LogP contribution is 2.12. The SMILES string of the molecule is CCCCCCCCCCCC(=O)OC(=O)CC[C@H](N)C(=O)OC(=O)CCCCCCCCCCC. The predicted octanol–water partition coefficient (Wildman–Crippen LogP) is 7.08. The van der Waals surface area contributed by atoms with E-state index in [-0.39, 0.29) is 25.7 Å². The molecule has 0 aromatic rings. The standard InChI is InChI=1S/C29H53NO6/c1-3-5-7-9-11-13-15-17-19-21-26(31)35-28(33)24-23-25(30)29(34)36-27(32)22-20-18-16-14-12-10-8-6-4-2/h25H,3-24,30H2,1-2H3/t25-/m0/s1. The maximum absolute atomic E-state index is 12.0. The van der Waals surface area contributed by atoms with Gasteiger partial charge in [-0.2, -0.15) is 0 Å². The van der Waals surface area contributed by atoms with Crippen LogP contribution >= 0.6 is 0 Å². The van der Waals surface area contributed by atoms with Crippen molar-refractivity contribution in [2.24, 2.45) is 5.73 Å². The molecule has 0 aliphatic rings. The summed E-state index contributed by atoms with van der Waals surface area (Å²) in [4.78, 5) is 47.4. The second-order valence-electron chi connectivity index (χ2n) is 9.94. The molecule has 0 amide bonds. The van der Waals surface area contributed by atoms with E-state index < -0.39 is 29.9 Å². The van der Waals surface area contributed by atoms with Crippen molar-refractivity contribution in [3.63, 3.8) is 0 Å². The minimum atomic E-state index is -1.10. The molecule has 0 fully saturated rings. The van der Waals surface area contributed by atoms with Gasteiger partial charge in [-0.1, -0.05) is 117 Å². The number of carbonyl (C=O) groups excluding carboxylic acids is 4. The topological polar surface area (TPSA) is 113 Å². The van der Waals surface area contributed by atoms with E-state index in [1.807, 2.05) is 0 Å². The number of esters is 4. The van der Waals surface area contributed by atoms with E-state index in [9.17, 15) is 19.2 Å². The number of unbranched alkanes of at least 4 members (excludes halogenated alkanes) is 16. The molecule has 0 spiro atoms. The van der Waals surface area contributed by atoms with Crippen molar-refractivity contribution >= 4 is 23.9 Å². The summed E-state index contributed by atoms with van der Waals surface area (Å²) in [6, 6.07) is -1.10. The van der Waals surface area contributed by atoms with Gasteiger partial charge in [0.1, 0.15) is 6.04 Å². The first kappa shape index (κ1) is 34.2. The number of ether oxygens (including phenoxy) is 2. The zero-order valence-corrected chi connectivity index (χ0v) is 23.2. The first-order valence-electron chi connectivity index (χ1n) is 14.6.